The Morgan fingerprint density at radius 2 is 2.15 bits per heavy atom. The van der Waals surface area contributed by atoms with Crippen LogP contribution in [0.5, 0.6) is 0 Å². The van der Waals surface area contributed by atoms with E-state index in [-0.39, 0.29) is 11.7 Å². The van der Waals surface area contributed by atoms with Gasteiger partial charge in [-0.25, -0.2) is 0 Å². The van der Waals surface area contributed by atoms with Crippen molar-refractivity contribution >= 4 is 23.5 Å². The molecule has 3 heterocycles. The van der Waals surface area contributed by atoms with Crippen LogP contribution in [0.25, 0.3) is 0 Å². The monoisotopic (exact) mass is 384 g/mol. The van der Waals surface area contributed by atoms with Crippen molar-refractivity contribution in [1.29, 1.82) is 5.26 Å². The van der Waals surface area contributed by atoms with E-state index in [1.54, 1.807) is 6.26 Å². The fraction of sp³-hybridized carbons (Fsp3) is 0.333. The van der Waals surface area contributed by atoms with Gasteiger partial charge in [-0.2, -0.15) is 5.26 Å². The third-order valence-corrected chi connectivity index (χ3v) is 5.50. The van der Waals surface area contributed by atoms with E-state index in [0.29, 0.717) is 23.1 Å². The third kappa shape index (κ3) is 3.75. The summed E-state index contributed by atoms with van der Waals surface area (Å²) in [5.74, 6) is 1.97. The number of nitriles is 1. The van der Waals surface area contributed by atoms with Crippen LogP contribution in [-0.2, 0) is 18.4 Å². The van der Waals surface area contributed by atoms with E-state index in [0.717, 1.165) is 22.8 Å². The van der Waals surface area contributed by atoms with Crippen molar-refractivity contribution in [2.24, 2.45) is 7.05 Å². The Balaban J connectivity index is 1.80. The molecule has 0 saturated heterocycles. The molecule has 3 rings (SSSR count). The van der Waals surface area contributed by atoms with E-state index in [4.69, 9.17) is 4.42 Å². The molecule has 140 valence electrons. The van der Waals surface area contributed by atoms with Gasteiger partial charge in [0.2, 0.25) is 5.91 Å². The number of carbonyl (C=O) groups excluding carboxylic acids is 1. The first-order chi connectivity index (χ1) is 12.9. The molecule has 1 N–H and O–H groups in total. The summed E-state index contributed by atoms with van der Waals surface area (Å²) in [5.41, 5.74) is 2.22. The second kappa shape index (κ2) is 7.72. The minimum absolute atomic E-state index is 0.168. The zero-order chi connectivity index (χ0) is 19.6. The number of amides is 1. The van der Waals surface area contributed by atoms with Gasteiger partial charge in [-0.1, -0.05) is 11.8 Å². The molecule has 0 aromatic carbocycles. The largest absolute Gasteiger partial charge is 0.467 e. The van der Waals surface area contributed by atoms with Crippen molar-refractivity contribution in [3.05, 3.63) is 46.8 Å². The Morgan fingerprint density at radius 1 is 1.37 bits per heavy atom. The molecule has 0 bridgehead atoms. The number of carbonyl (C=O) groups is 1. The van der Waals surface area contributed by atoms with Crippen LogP contribution in [0.1, 0.15) is 28.4 Å². The van der Waals surface area contributed by atoms with Gasteiger partial charge in [-0.3, -0.25) is 4.79 Å². The standard InChI is InChI=1S/C18H20N6O2S/c1-11-12(2)24(9-14-6-5-7-26-14)17(15(11)8-19)20-16(25)10-27-18-22-21-13(3)23(18)4/h5-7H,9-10H2,1-4H3,(H,20,25). The van der Waals surface area contributed by atoms with Crippen molar-refractivity contribution in [3.8, 4) is 6.07 Å². The van der Waals surface area contributed by atoms with Gasteiger partial charge >= 0.3 is 0 Å². The Labute approximate surface area is 161 Å². The Kier molecular flexibility index (Phi) is 5.37. The summed E-state index contributed by atoms with van der Waals surface area (Å²) in [7, 11) is 1.85. The summed E-state index contributed by atoms with van der Waals surface area (Å²) >= 11 is 1.30. The third-order valence-electron chi connectivity index (χ3n) is 4.48. The normalized spacial score (nSPS) is 10.8. The Bertz CT molecular complexity index is 1010. The zero-order valence-corrected chi connectivity index (χ0v) is 16.4. The molecule has 0 unspecified atom stereocenters. The summed E-state index contributed by atoms with van der Waals surface area (Å²) in [5, 5.41) is 21.1. The van der Waals surface area contributed by atoms with Crippen LogP contribution >= 0.6 is 11.8 Å². The first kappa shape index (κ1) is 18.8. The topological polar surface area (TPSA) is 102 Å². The maximum absolute atomic E-state index is 12.5. The van der Waals surface area contributed by atoms with Crippen LogP contribution in [0.3, 0.4) is 0 Å². The molecule has 8 nitrogen and oxygen atoms in total. The van der Waals surface area contributed by atoms with E-state index in [9.17, 15) is 10.1 Å². The van der Waals surface area contributed by atoms with Crippen LogP contribution in [0.15, 0.2) is 28.0 Å². The van der Waals surface area contributed by atoms with Crippen LogP contribution < -0.4 is 5.32 Å². The number of rotatable bonds is 6. The fourth-order valence-corrected chi connectivity index (χ4v) is 3.45. The van der Waals surface area contributed by atoms with Gasteiger partial charge in [-0.05, 0) is 38.5 Å². The number of nitrogens with zero attached hydrogens (tertiary/aromatic N) is 5. The van der Waals surface area contributed by atoms with Crippen LogP contribution in [0.2, 0.25) is 0 Å². The first-order valence-electron chi connectivity index (χ1n) is 8.33. The van der Waals surface area contributed by atoms with E-state index in [1.807, 2.05) is 49.1 Å². The van der Waals surface area contributed by atoms with Gasteiger partial charge in [0, 0.05) is 12.7 Å². The van der Waals surface area contributed by atoms with Crippen molar-refractivity contribution in [3.63, 3.8) is 0 Å². The highest BCUT2D eigenvalue weighted by atomic mass is 32.2. The van der Waals surface area contributed by atoms with Gasteiger partial charge in [0.25, 0.3) is 0 Å². The number of thioether (sulfide) groups is 1. The van der Waals surface area contributed by atoms with Crippen LogP contribution in [0.4, 0.5) is 5.82 Å². The second-order valence-electron chi connectivity index (χ2n) is 6.14. The average Bonchev–Trinajstić information content (AvgIpc) is 3.32. The predicted octanol–water partition coefficient (Wildman–Crippen LogP) is 2.79. The molecular formula is C18H20N6O2S. The zero-order valence-electron chi connectivity index (χ0n) is 15.6. The summed E-state index contributed by atoms with van der Waals surface area (Å²) in [4.78, 5) is 12.5. The molecule has 3 aromatic rings. The van der Waals surface area contributed by atoms with Crippen molar-refractivity contribution in [1.82, 2.24) is 19.3 Å². The molecular weight excluding hydrogens is 364 g/mol. The molecule has 9 heteroatoms. The number of hydrogen-bond donors (Lipinski definition) is 1. The predicted molar refractivity (Wildman–Crippen MR) is 102 cm³/mol. The number of aryl methyl sites for hydroxylation is 1. The SMILES string of the molecule is Cc1c(C#N)c(NC(=O)CSc2nnc(C)n2C)n(Cc2ccco2)c1C. The number of hydrogen-bond acceptors (Lipinski definition) is 6. The number of furan rings is 1. The number of aromatic nitrogens is 4. The molecule has 0 aliphatic rings. The van der Waals surface area contributed by atoms with Gasteiger partial charge in [0.05, 0.1) is 24.1 Å². The number of nitrogens with one attached hydrogen (secondary N) is 1. The van der Waals surface area contributed by atoms with Gasteiger partial charge in [-0.15, -0.1) is 10.2 Å². The summed E-state index contributed by atoms with van der Waals surface area (Å²) in [6, 6.07) is 5.87. The van der Waals surface area contributed by atoms with Crippen LogP contribution in [0, 0.1) is 32.1 Å². The smallest absolute Gasteiger partial charge is 0.235 e. The quantitative estimate of drug-likeness (QED) is 0.656. The second-order valence-corrected chi connectivity index (χ2v) is 7.08. The highest BCUT2D eigenvalue weighted by Crippen LogP contribution is 2.28. The summed E-state index contributed by atoms with van der Waals surface area (Å²) in [6.45, 7) is 6.08. The lowest BCUT2D eigenvalue weighted by atomic mass is 10.2. The Hall–Kier alpha value is -2.99. The molecule has 1 amide bonds. The molecule has 0 aliphatic carbocycles. The summed E-state index contributed by atoms with van der Waals surface area (Å²) < 4.78 is 9.13. The number of anilines is 1. The lowest BCUT2D eigenvalue weighted by Gasteiger charge is -2.12. The molecule has 0 radical (unpaired) electrons. The van der Waals surface area contributed by atoms with Gasteiger partial charge < -0.3 is 18.9 Å². The highest BCUT2D eigenvalue weighted by molar-refractivity contribution is 7.99. The molecule has 0 spiro atoms. The van der Waals surface area contributed by atoms with E-state index in [2.05, 4.69) is 21.6 Å². The van der Waals surface area contributed by atoms with E-state index in [1.165, 1.54) is 11.8 Å². The highest BCUT2D eigenvalue weighted by Gasteiger charge is 2.20. The first-order valence-corrected chi connectivity index (χ1v) is 9.31. The summed E-state index contributed by atoms with van der Waals surface area (Å²) in [6.07, 6.45) is 1.60. The molecule has 0 saturated carbocycles. The van der Waals surface area contributed by atoms with Gasteiger partial charge in [0.15, 0.2) is 5.16 Å². The average molecular weight is 384 g/mol. The van der Waals surface area contributed by atoms with E-state index < -0.39 is 0 Å². The molecule has 0 fully saturated rings. The molecule has 27 heavy (non-hydrogen) atoms. The Morgan fingerprint density at radius 3 is 2.74 bits per heavy atom. The molecule has 0 aliphatic heterocycles. The minimum Gasteiger partial charge on any atom is -0.467 e. The molecule has 0 atom stereocenters. The lowest BCUT2D eigenvalue weighted by molar-refractivity contribution is -0.113. The van der Waals surface area contributed by atoms with Crippen molar-refractivity contribution in [2.45, 2.75) is 32.5 Å². The lowest BCUT2D eigenvalue weighted by Crippen LogP contribution is -2.18. The fourth-order valence-electron chi connectivity index (χ4n) is 2.70. The van der Waals surface area contributed by atoms with E-state index >= 15 is 0 Å². The maximum Gasteiger partial charge on any atom is 0.235 e. The van der Waals surface area contributed by atoms with Gasteiger partial charge in [0.1, 0.15) is 23.5 Å². The van der Waals surface area contributed by atoms with Crippen molar-refractivity contribution < 1.29 is 9.21 Å². The van der Waals surface area contributed by atoms with Crippen molar-refractivity contribution in [2.75, 3.05) is 11.1 Å². The molecule has 3 aromatic heterocycles. The van der Waals surface area contributed by atoms with Crippen LogP contribution in [-0.4, -0.2) is 31.0 Å². The maximum atomic E-state index is 12.5. The minimum atomic E-state index is -0.213.